The lowest BCUT2D eigenvalue weighted by Gasteiger charge is -1.97. The number of primary amides is 1. The molecule has 0 saturated heterocycles. The number of aromatic nitrogens is 2. The van der Waals surface area contributed by atoms with Crippen LogP contribution in [0.1, 0.15) is 10.4 Å². The smallest absolute Gasteiger partial charge is 0.248 e. The van der Waals surface area contributed by atoms with Crippen molar-refractivity contribution in [1.29, 1.82) is 0 Å². The topological polar surface area (TPSA) is 68.9 Å². The van der Waals surface area contributed by atoms with Gasteiger partial charge in [0.15, 0.2) is 0 Å². The summed E-state index contributed by atoms with van der Waals surface area (Å²) < 4.78 is 0. The van der Waals surface area contributed by atoms with E-state index in [1.807, 2.05) is 0 Å². The number of rotatable bonds is 1. The van der Waals surface area contributed by atoms with Crippen LogP contribution in [0.15, 0.2) is 30.5 Å². The minimum absolute atomic E-state index is 0.432. The summed E-state index contributed by atoms with van der Waals surface area (Å²) in [4.78, 5) is 10.8. The summed E-state index contributed by atoms with van der Waals surface area (Å²) in [6, 6.07) is 6.85. The molecule has 0 bridgehead atoms. The first-order chi connectivity index (χ1) is 6.27. The Kier molecular flexibility index (Phi) is 1.66. The zero-order valence-electron chi connectivity index (χ0n) is 6.77. The molecule has 1 aromatic heterocycles. The molecule has 13 heavy (non-hydrogen) atoms. The van der Waals surface area contributed by atoms with Gasteiger partial charge in [0.1, 0.15) is 0 Å². The maximum absolute atomic E-state index is 10.8. The average Bonchev–Trinajstić information content (AvgIpc) is 2.17. The molecule has 1 amide bonds. The van der Waals surface area contributed by atoms with Crippen molar-refractivity contribution in [3.63, 3.8) is 0 Å². The number of fused-ring (bicyclic) bond motifs is 1. The molecular formula is C9H7N3O. The Balaban J connectivity index is 2.69. The fraction of sp³-hybridized carbons (Fsp3) is 0. The van der Waals surface area contributed by atoms with Gasteiger partial charge in [-0.25, -0.2) is 0 Å². The Morgan fingerprint density at radius 3 is 2.92 bits per heavy atom. The minimum atomic E-state index is -0.432. The molecule has 1 aromatic carbocycles. The predicted octanol–water partition coefficient (Wildman–Crippen LogP) is 0.729. The number of benzene rings is 1. The molecule has 0 aliphatic rings. The highest BCUT2D eigenvalue weighted by atomic mass is 16.1. The second-order valence-electron chi connectivity index (χ2n) is 2.67. The number of nitrogens with two attached hydrogens (primary N) is 1. The van der Waals surface area contributed by atoms with Crippen molar-refractivity contribution >= 4 is 16.8 Å². The quantitative estimate of drug-likeness (QED) is 0.691. The Bertz CT molecular complexity index is 467. The van der Waals surface area contributed by atoms with Crippen LogP contribution in [0.5, 0.6) is 0 Å². The van der Waals surface area contributed by atoms with Gasteiger partial charge >= 0.3 is 0 Å². The maximum Gasteiger partial charge on any atom is 0.248 e. The molecule has 0 spiro atoms. The van der Waals surface area contributed by atoms with Crippen LogP contribution < -0.4 is 5.73 Å². The number of amides is 1. The van der Waals surface area contributed by atoms with Crippen molar-refractivity contribution in [3.8, 4) is 0 Å². The normalized spacial score (nSPS) is 10.2. The molecule has 0 aliphatic heterocycles. The standard InChI is InChI=1S/C9H7N3O/c10-9(13)7-1-2-8-6(5-7)3-4-11-12-8/h1-5H,(H2,10,13). The second kappa shape index (κ2) is 2.82. The van der Waals surface area contributed by atoms with Crippen molar-refractivity contribution in [2.45, 2.75) is 0 Å². The SMILES string of the molecule is NC(=O)c1ccc2nnccc2c1. The fourth-order valence-electron chi connectivity index (χ4n) is 1.14. The van der Waals surface area contributed by atoms with Crippen molar-refractivity contribution in [2.24, 2.45) is 5.73 Å². The largest absolute Gasteiger partial charge is 0.366 e. The van der Waals surface area contributed by atoms with Crippen LogP contribution >= 0.6 is 0 Å². The van der Waals surface area contributed by atoms with Crippen LogP contribution in [-0.4, -0.2) is 16.1 Å². The van der Waals surface area contributed by atoms with Gasteiger partial charge in [0.2, 0.25) is 5.91 Å². The van der Waals surface area contributed by atoms with Gasteiger partial charge in [0, 0.05) is 10.9 Å². The van der Waals surface area contributed by atoms with Crippen LogP contribution in [0.3, 0.4) is 0 Å². The molecule has 0 fully saturated rings. The van der Waals surface area contributed by atoms with Gasteiger partial charge in [-0.1, -0.05) is 0 Å². The second-order valence-corrected chi connectivity index (χ2v) is 2.67. The van der Waals surface area contributed by atoms with E-state index in [9.17, 15) is 4.79 Å². The summed E-state index contributed by atoms with van der Waals surface area (Å²) in [5, 5.41) is 8.47. The monoisotopic (exact) mass is 173 g/mol. The number of carbonyl (C=O) groups excluding carboxylic acids is 1. The molecule has 0 radical (unpaired) electrons. The summed E-state index contributed by atoms with van der Waals surface area (Å²) in [6.45, 7) is 0. The van der Waals surface area contributed by atoms with E-state index >= 15 is 0 Å². The molecule has 1 heterocycles. The lowest BCUT2D eigenvalue weighted by atomic mass is 10.1. The minimum Gasteiger partial charge on any atom is -0.366 e. The van der Waals surface area contributed by atoms with Crippen LogP contribution in [0.2, 0.25) is 0 Å². The number of hydrogen-bond acceptors (Lipinski definition) is 3. The van der Waals surface area contributed by atoms with Crippen LogP contribution in [0.25, 0.3) is 10.9 Å². The lowest BCUT2D eigenvalue weighted by Crippen LogP contribution is -2.10. The van der Waals surface area contributed by atoms with E-state index in [1.54, 1.807) is 30.5 Å². The van der Waals surface area contributed by atoms with Gasteiger partial charge in [-0.15, -0.1) is 0 Å². The van der Waals surface area contributed by atoms with Crippen molar-refractivity contribution < 1.29 is 4.79 Å². The maximum atomic E-state index is 10.8. The zero-order chi connectivity index (χ0) is 9.26. The van der Waals surface area contributed by atoms with Crippen molar-refractivity contribution in [3.05, 3.63) is 36.0 Å². The first-order valence-corrected chi connectivity index (χ1v) is 3.78. The highest BCUT2D eigenvalue weighted by molar-refractivity contribution is 5.96. The van der Waals surface area contributed by atoms with Crippen molar-refractivity contribution in [1.82, 2.24) is 10.2 Å². The first-order valence-electron chi connectivity index (χ1n) is 3.78. The van der Waals surface area contributed by atoms with E-state index < -0.39 is 5.91 Å². The van der Waals surface area contributed by atoms with E-state index in [-0.39, 0.29) is 0 Å². The van der Waals surface area contributed by atoms with E-state index in [0.29, 0.717) is 5.56 Å². The third kappa shape index (κ3) is 1.33. The summed E-state index contributed by atoms with van der Waals surface area (Å²) >= 11 is 0. The van der Waals surface area contributed by atoms with Crippen molar-refractivity contribution in [2.75, 3.05) is 0 Å². The molecule has 0 atom stereocenters. The molecule has 0 aliphatic carbocycles. The van der Waals surface area contributed by atoms with Gasteiger partial charge < -0.3 is 5.73 Å². The Morgan fingerprint density at radius 1 is 1.31 bits per heavy atom. The van der Waals surface area contributed by atoms with Gasteiger partial charge in [-0.3, -0.25) is 4.79 Å². The molecule has 0 saturated carbocycles. The van der Waals surface area contributed by atoms with Gasteiger partial charge in [0.05, 0.1) is 11.7 Å². The summed E-state index contributed by atoms with van der Waals surface area (Å²) in [5.74, 6) is -0.432. The number of nitrogens with zero attached hydrogens (tertiary/aromatic N) is 2. The van der Waals surface area contributed by atoms with E-state index in [2.05, 4.69) is 10.2 Å². The van der Waals surface area contributed by atoms with Gasteiger partial charge in [-0.05, 0) is 24.3 Å². The van der Waals surface area contributed by atoms with E-state index in [4.69, 9.17) is 5.73 Å². The molecule has 2 N–H and O–H groups in total. The first kappa shape index (κ1) is 7.67. The molecule has 2 rings (SSSR count). The highest BCUT2D eigenvalue weighted by Gasteiger charge is 2.01. The predicted molar refractivity (Wildman–Crippen MR) is 48.1 cm³/mol. The Hall–Kier alpha value is -1.97. The van der Waals surface area contributed by atoms with E-state index in [0.717, 1.165) is 10.9 Å². The Labute approximate surface area is 74.4 Å². The Morgan fingerprint density at radius 2 is 2.15 bits per heavy atom. The number of carbonyl (C=O) groups is 1. The van der Waals surface area contributed by atoms with Crippen LogP contribution in [0.4, 0.5) is 0 Å². The molecule has 4 nitrogen and oxygen atoms in total. The average molecular weight is 173 g/mol. The van der Waals surface area contributed by atoms with Crippen LogP contribution in [0, 0.1) is 0 Å². The summed E-state index contributed by atoms with van der Waals surface area (Å²) in [7, 11) is 0. The molecule has 4 heteroatoms. The summed E-state index contributed by atoms with van der Waals surface area (Å²) in [6.07, 6.45) is 1.58. The summed E-state index contributed by atoms with van der Waals surface area (Å²) in [5.41, 5.74) is 6.37. The molecule has 0 unspecified atom stereocenters. The van der Waals surface area contributed by atoms with Gasteiger partial charge in [-0.2, -0.15) is 10.2 Å². The third-order valence-electron chi connectivity index (χ3n) is 1.80. The fourth-order valence-corrected chi connectivity index (χ4v) is 1.14. The van der Waals surface area contributed by atoms with Crippen LogP contribution in [-0.2, 0) is 0 Å². The zero-order valence-corrected chi connectivity index (χ0v) is 6.77. The van der Waals surface area contributed by atoms with E-state index in [1.165, 1.54) is 0 Å². The number of hydrogen-bond donors (Lipinski definition) is 1. The molecule has 64 valence electrons. The van der Waals surface area contributed by atoms with Gasteiger partial charge in [0.25, 0.3) is 0 Å². The lowest BCUT2D eigenvalue weighted by molar-refractivity contribution is 0.100. The molecule has 2 aromatic rings. The highest BCUT2D eigenvalue weighted by Crippen LogP contribution is 2.11. The molecular weight excluding hydrogens is 166 g/mol. The third-order valence-corrected chi connectivity index (χ3v) is 1.80.